The van der Waals surface area contributed by atoms with Crippen molar-refractivity contribution in [1.29, 1.82) is 0 Å². The van der Waals surface area contributed by atoms with Gasteiger partial charge in [-0.05, 0) is 19.0 Å². The minimum atomic E-state index is -0.980. The molecule has 0 saturated carbocycles. The number of nitrogens with zero attached hydrogens (tertiary/aromatic N) is 3. The van der Waals surface area contributed by atoms with Crippen molar-refractivity contribution in [2.45, 2.75) is 20.0 Å². The van der Waals surface area contributed by atoms with E-state index in [1.165, 1.54) is 10.9 Å². The van der Waals surface area contributed by atoms with Gasteiger partial charge in [0.15, 0.2) is 0 Å². The fraction of sp³-hybridized carbons (Fsp3) is 0.636. The number of amides is 1. The average Bonchev–Trinajstić information content (AvgIpc) is 2.70. The van der Waals surface area contributed by atoms with Crippen molar-refractivity contribution in [2.24, 2.45) is 11.8 Å². The first kappa shape index (κ1) is 13.5. The van der Waals surface area contributed by atoms with Crippen molar-refractivity contribution in [3.05, 3.63) is 11.9 Å². The lowest BCUT2D eigenvalue weighted by Gasteiger charge is -2.31. The van der Waals surface area contributed by atoms with Gasteiger partial charge in [-0.2, -0.15) is 0 Å². The molecule has 1 fully saturated rings. The maximum Gasteiger partial charge on any atom is 0.325 e. The van der Waals surface area contributed by atoms with Crippen LogP contribution in [0.1, 0.15) is 12.6 Å². The molecule has 1 aliphatic heterocycles. The van der Waals surface area contributed by atoms with E-state index in [1.54, 1.807) is 0 Å². The second kappa shape index (κ2) is 5.79. The first-order valence-corrected chi connectivity index (χ1v) is 6.15. The van der Waals surface area contributed by atoms with Crippen LogP contribution in [-0.2, 0) is 22.7 Å². The summed E-state index contributed by atoms with van der Waals surface area (Å²) in [6, 6.07) is 0. The van der Waals surface area contributed by atoms with E-state index in [4.69, 9.17) is 5.11 Å². The Morgan fingerprint density at radius 2 is 2.37 bits per heavy atom. The van der Waals surface area contributed by atoms with Crippen LogP contribution < -0.4 is 10.6 Å². The van der Waals surface area contributed by atoms with Crippen LogP contribution in [0.25, 0.3) is 0 Å². The summed E-state index contributed by atoms with van der Waals surface area (Å²) in [5.74, 6) is -0.635. The summed E-state index contributed by atoms with van der Waals surface area (Å²) in [6.45, 7) is 3.70. The summed E-state index contributed by atoms with van der Waals surface area (Å²) in [5.41, 5.74) is 0.550. The van der Waals surface area contributed by atoms with E-state index < -0.39 is 5.97 Å². The normalized spacial score (nSPS) is 16.7. The summed E-state index contributed by atoms with van der Waals surface area (Å²) < 4.78 is 1.23. The van der Waals surface area contributed by atoms with E-state index in [0.29, 0.717) is 11.6 Å². The predicted octanol–water partition coefficient (Wildman–Crippen LogP) is -1.17. The monoisotopic (exact) mass is 267 g/mol. The quantitative estimate of drug-likeness (QED) is 0.599. The molecular weight excluding hydrogens is 250 g/mol. The van der Waals surface area contributed by atoms with Crippen molar-refractivity contribution in [2.75, 3.05) is 13.1 Å². The molecule has 0 spiro atoms. The Hall–Kier alpha value is -1.96. The van der Waals surface area contributed by atoms with Crippen molar-refractivity contribution in [1.82, 2.24) is 25.6 Å². The Labute approximate surface area is 110 Å². The van der Waals surface area contributed by atoms with Crippen molar-refractivity contribution in [3.8, 4) is 0 Å². The first-order chi connectivity index (χ1) is 9.06. The van der Waals surface area contributed by atoms with Gasteiger partial charge in [0.2, 0.25) is 5.91 Å². The van der Waals surface area contributed by atoms with Gasteiger partial charge < -0.3 is 15.7 Å². The summed E-state index contributed by atoms with van der Waals surface area (Å²) in [6.07, 6.45) is 1.52. The Bertz CT molecular complexity index is 469. The van der Waals surface area contributed by atoms with Gasteiger partial charge in [-0.3, -0.25) is 9.59 Å². The number of hydrogen-bond acceptors (Lipinski definition) is 5. The van der Waals surface area contributed by atoms with E-state index in [-0.39, 0.29) is 24.9 Å². The largest absolute Gasteiger partial charge is 0.480 e. The molecule has 0 radical (unpaired) electrons. The lowest BCUT2D eigenvalue weighted by Crippen LogP contribution is -2.49. The van der Waals surface area contributed by atoms with E-state index in [0.717, 1.165) is 13.1 Å². The SMILES string of the molecule is CC(C(=O)NCc1cn(CC(=O)O)nn1)C1CNC1. The van der Waals surface area contributed by atoms with Gasteiger partial charge in [0.1, 0.15) is 12.2 Å². The number of carbonyl (C=O) groups excluding carboxylic acids is 1. The third-order valence-electron chi connectivity index (χ3n) is 3.26. The van der Waals surface area contributed by atoms with Gasteiger partial charge in [0.25, 0.3) is 0 Å². The van der Waals surface area contributed by atoms with Crippen LogP contribution in [-0.4, -0.2) is 45.1 Å². The van der Waals surface area contributed by atoms with Gasteiger partial charge in [-0.1, -0.05) is 12.1 Å². The number of carboxylic acids is 1. The molecule has 1 unspecified atom stereocenters. The van der Waals surface area contributed by atoms with Crippen LogP contribution in [0.3, 0.4) is 0 Å². The van der Waals surface area contributed by atoms with E-state index in [1.807, 2.05) is 6.92 Å². The van der Waals surface area contributed by atoms with Crippen LogP contribution in [0.5, 0.6) is 0 Å². The first-order valence-electron chi connectivity index (χ1n) is 6.15. The maximum absolute atomic E-state index is 11.8. The molecule has 1 aliphatic rings. The molecule has 2 rings (SSSR count). The molecule has 1 atom stereocenters. The standard InChI is InChI=1S/C11H17N5O3/c1-7(8-2-12-3-8)11(19)13-4-9-5-16(15-14-9)6-10(17)18/h5,7-8,12H,2-4,6H2,1H3,(H,13,19)(H,17,18). The number of carbonyl (C=O) groups is 2. The average molecular weight is 267 g/mol. The maximum atomic E-state index is 11.8. The zero-order valence-corrected chi connectivity index (χ0v) is 10.7. The minimum absolute atomic E-state index is 0.0146. The summed E-state index contributed by atoms with van der Waals surface area (Å²) in [7, 11) is 0. The number of rotatable bonds is 6. The lowest BCUT2D eigenvalue weighted by atomic mass is 9.88. The van der Waals surface area contributed by atoms with Crippen molar-refractivity contribution in [3.63, 3.8) is 0 Å². The Morgan fingerprint density at radius 3 is 2.95 bits per heavy atom. The number of aliphatic carboxylic acids is 1. The zero-order chi connectivity index (χ0) is 13.8. The smallest absolute Gasteiger partial charge is 0.325 e. The second-order valence-corrected chi connectivity index (χ2v) is 4.73. The lowest BCUT2D eigenvalue weighted by molar-refractivity contribution is -0.138. The Morgan fingerprint density at radius 1 is 1.63 bits per heavy atom. The molecule has 0 aliphatic carbocycles. The topological polar surface area (TPSA) is 109 Å². The number of nitrogens with one attached hydrogen (secondary N) is 2. The van der Waals surface area contributed by atoms with E-state index in [9.17, 15) is 9.59 Å². The Balaban J connectivity index is 1.79. The molecule has 2 heterocycles. The molecular formula is C11H17N5O3. The van der Waals surface area contributed by atoms with Gasteiger partial charge >= 0.3 is 5.97 Å². The molecule has 3 N–H and O–H groups in total. The molecule has 1 aromatic heterocycles. The molecule has 104 valence electrons. The third-order valence-corrected chi connectivity index (χ3v) is 3.26. The van der Waals surface area contributed by atoms with Gasteiger partial charge in [0.05, 0.1) is 12.7 Å². The van der Waals surface area contributed by atoms with Crippen LogP contribution in [0.4, 0.5) is 0 Å². The summed E-state index contributed by atoms with van der Waals surface area (Å²) >= 11 is 0. The third kappa shape index (κ3) is 3.50. The van der Waals surface area contributed by atoms with E-state index >= 15 is 0 Å². The fourth-order valence-corrected chi connectivity index (χ4v) is 1.85. The molecule has 19 heavy (non-hydrogen) atoms. The highest BCUT2D eigenvalue weighted by Gasteiger charge is 2.28. The summed E-state index contributed by atoms with van der Waals surface area (Å²) in [5, 5.41) is 22.0. The Kier molecular flexibility index (Phi) is 4.10. The number of carboxylic acid groups (broad SMARTS) is 1. The van der Waals surface area contributed by atoms with Crippen LogP contribution in [0.2, 0.25) is 0 Å². The second-order valence-electron chi connectivity index (χ2n) is 4.73. The molecule has 1 saturated heterocycles. The van der Waals surface area contributed by atoms with Crippen LogP contribution in [0.15, 0.2) is 6.20 Å². The highest BCUT2D eigenvalue weighted by atomic mass is 16.4. The molecule has 0 aromatic carbocycles. The van der Waals surface area contributed by atoms with E-state index in [2.05, 4.69) is 20.9 Å². The van der Waals surface area contributed by atoms with Crippen LogP contribution in [0, 0.1) is 11.8 Å². The number of aromatic nitrogens is 3. The van der Waals surface area contributed by atoms with Crippen molar-refractivity contribution >= 4 is 11.9 Å². The highest BCUT2D eigenvalue weighted by Crippen LogP contribution is 2.15. The zero-order valence-electron chi connectivity index (χ0n) is 10.7. The molecule has 1 aromatic rings. The van der Waals surface area contributed by atoms with Gasteiger partial charge in [0, 0.05) is 5.92 Å². The predicted molar refractivity (Wildman–Crippen MR) is 65.0 cm³/mol. The van der Waals surface area contributed by atoms with Crippen LogP contribution >= 0.6 is 0 Å². The highest BCUT2D eigenvalue weighted by molar-refractivity contribution is 5.78. The fourth-order valence-electron chi connectivity index (χ4n) is 1.85. The molecule has 8 nitrogen and oxygen atoms in total. The number of hydrogen-bond donors (Lipinski definition) is 3. The molecule has 1 amide bonds. The van der Waals surface area contributed by atoms with Gasteiger partial charge in [-0.25, -0.2) is 4.68 Å². The van der Waals surface area contributed by atoms with Crippen molar-refractivity contribution < 1.29 is 14.7 Å². The minimum Gasteiger partial charge on any atom is -0.480 e. The molecule has 8 heteroatoms. The summed E-state index contributed by atoms with van der Waals surface area (Å²) in [4.78, 5) is 22.3. The molecule has 0 bridgehead atoms. The van der Waals surface area contributed by atoms with Gasteiger partial charge in [-0.15, -0.1) is 5.10 Å².